The number of aliphatic hydroxyl groups excluding tert-OH is 1. The zero-order valence-electron chi connectivity index (χ0n) is 6.94. The zero-order chi connectivity index (χ0) is 10.7. The Morgan fingerprint density at radius 1 is 1.07 bits per heavy atom. The molecule has 0 radical (unpaired) electrons. The van der Waals surface area contributed by atoms with Crippen LogP contribution in [0.4, 0.5) is 0 Å². The molecule has 2 unspecified atom stereocenters. The quantitative estimate of drug-likeness (QED) is 0.477. The predicted octanol–water partition coefficient (Wildman–Crippen LogP) is -0.705. The second kappa shape index (κ2) is 4.05. The van der Waals surface area contributed by atoms with E-state index in [2.05, 4.69) is 9.68 Å². The van der Waals surface area contributed by atoms with Gasteiger partial charge in [0.1, 0.15) is 12.2 Å². The minimum Gasteiger partial charge on any atom is -0.393 e. The van der Waals surface area contributed by atoms with E-state index >= 15 is 0 Å². The topological polar surface area (TPSA) is 125 Å². The van der Waals surface area contributed by atoms with Gasteiger partial charge >= 0.3 is 0 Å². The Labute approximate surface area is 77.4 Å². The van der Waals surface area contributed by atoms with E-state index < -0.39 is 28.5 Å². The summed E-state index contributed by atoms with van der Waals surface area (Å²) in [6.07, 6.45) is -3.11. The van der Waals surface area contributed by atoms with Crippen molar-refractivity contribution < 1.29 is 25.0 Å². The van der Waals surface area contributed by atoms with Crippen LogP contribution in [-0.4, -0.2) is 33.6 Å². The molecule has 9 nitrogen and oxygen atoms in total. The van der Waals surface area contributed by atoms with Crippen molar-refractivity contribution in [1.29, 1.82) is 0 Å². The molecule has 0 amide bonds. The van der Waals surface area contributed by atoms with Crippen LogP contribution in [0.3, 0.4) is 0 Å². The summed E-state index contributed by atoms with van der Waals surface area (Å²) in [6.45, 7) is 0. The summed E-state index contributed by atoms with van der Waals surface area (Å²) in [4.78, 5) is 28.2. The molecule has 1 aliphatic carbocycles. The molecule has 0 aromatic carbocycles. The van der Waals surface area contributed by atoms with E-state index in [1.807, 2.05) is 0 Å². The lowest BCUT2D eigenvalue weighted by Gasteiger charge is -2.14. The van der Waals surface area contributed by atoms with Gasteiger partial charge in [-0.05, 0) is 0 Å². The number of aliphatic hydroxyl groups is 1. The minimum absolute atomic E-state index is 0.0422. The lowest BCUT2D eigenvalue weighted by atomic mass is 10.3. The van der Waals surface area contributed by atoms with Crippen molar-refractivity contribution >= 4 is 0 Å². The molecular formula is C5H8N2O7. The van der Waals surface area contributed by atoms with Gasteiger partial charge in [-0.2, -0.15) is 0 Å². The molecular weight excluding hydrogens is 200 g/mol. The maximum absolute atomic E-state index is 9.97. The SMILES string of the molecule is O=[N+]([O-])OC1CC(O)C[C@@H]1O[N+](=O)[O-]. The molecule has 0 bridgehead atoms. The Morgan fingerprint density at radius 3 is 1.71 bits per heavy atom. The Balaban J connectivity index is 2.53. The highest BCUT2D eigenvalue weighted by molar-refractivity contribution is 4.83. The van der Waals surface area contributed by atoms with Crippen molar-refractivity contribution in [3.8, 4) is 0 Å². The number of rotatable bonds is 4. The zero-order valence-corrected chi connectivity index (χ0v) is 6.94. The molecule has 0 saturated heterocycles. The van der Waals surface area contributed by atoms with Gasteiger partial charge in [-0.3, -0.25) is 0 Å². The van der Waals surface area contributed by atoms with Crippen LogP contribution >= 0.6 is 0 Å². The first-order valence-corrected chi connectivity index (χ1v) is 3.79. The number of nitrogens with zero attached hydrogens (tertiary/aromatic N) is 2. The first-order valence-electron chi connectivity index (χ1n) is 3.79. The Bertz CT molecular complexity index is 220. The summed E-state index contributed by atoms with van der Waals surface area (Å²) in [5.41, 5.74) is 0. The highest BCUT2D eigenvalue weighted by atomic mass is 17.0. The fraction of sp³-hybridized carbons (Fsp3) is 1.00. The molecule has 0 aromatic heterocycles. The highest BCUT2D eigenvalue weighted by Crippen LogP contribution is 2.25. The van der Waals surface area contributed by atoms with Gasteiger partial charge < -0.3 is 14.8 Å². The predicted molar refractivity (Wildman–Crippen MR) is 39.0 cm³/mol. The average Bonchev–Trinajstić information content (AvgIpc) is 2.28. The van der Waals surface area contributed by atoms with Crippen LogP contribution in [0, 0.1) is 20.2 Å². The number of hydrogen-bond acceptors (Lipinski definition) is 7. The molecule has 3 atom stereocenters. The van der Waals surface area contributed by atoms with Crippen molar-refractivity contribution in [3.63, 3.8) is 0 Å². The third-order valence-electron chi connectivity index (χ3n) is 1.87. The van der Waals surface area contributed by atoms with Crippen LogP contribution in [0.5, 0.6) is 0 Å². The van der Waals surface area contributed by atoms with Crippen LogP contribution < -0.4 is 0 Å². The first-order chi connectivity index (χ1) is 6.49. The molecule has 9 heteroatoms. The molecule has 1 saturated carbocycles. The summed E-state index contributed by atoms with van der Waals surface area (Å²) in [5.74, 6) is 0. The summed E-state index contributed by atoms with van der Waals surface area (Å²) in [5, 5.41) is 26.9. The van der Waals surface area contributed by atoms with Crippen LogP contribution in [0.25, 0.3) is 0 Å². The molecule has 1 fully saturated rings. The normalized spacial score (nSPS) is 31.1. The van der Waals surface area contributed by atoms with Gasteiger partial charge in [-0.25, -0.2) is 0 Å². The molecule has 0 spiro atoms. The van der Waals surface area contributed by atoms with Crippen molar-refractivity contribution in [2.45, 2.75) is 31.2 Å². The van der Waals surface area contributed by atoms with E-state index in [9.17, 15) is 20.2 Å². The molecule has 1 aliphatic rings. The van der Waals surface area contributed by atoms with Crippen molar-refractivity contribution in [2.24, 2.45) is 0 Å². The fourth-order valence-corrected chi connectivity index (χ4v) is 1.38. The van der Waals surface area contributed by atoms with Gasteiger partial charge in [0.05, 0.1) is 6.10 Å². The van der Waals surface area contributed by atoms with Gasteiger partial charge in [0.15, 0.2) is 0 Å². The molecule has 0 aliphatic heterocycles. The lowest BCUT2D eigenvalue weighted by molar-refractivity contribution is -0.797. The fourth-order valence-electron chi connectivity index (χ4n) is 1.38. The average molecular weight is 208 g/mol. The second-order valence-corrected chi connectivity index (χ2v) is 2.86. The van der Waals surface area contributed by atoms with E-state index in [4.69, 9.17) is 5.11 Å². The molecule has 1 N–H and O–H groups in total. The maximum atomic E-state index is 9.97. The van der Waals surface area contributed by atoms with Crippen LogP contribution in [-0.2, 0) is 9.68 Å². The van der Waals surface area contributed by atoms with Gasteiger partial charge in [0.25, 0.3) is 10.2 Å². The van der Waals surface area contributed by atoms with Gasteiger partial charge in [-0.15, -0.1) is 20.2 Å². The molecule has 80 valence electrons. The first kappa shape index (κ1) is 10.4. The highest BCUT2D eigenvalue weighted by Gasteiger charge is 2.38. The maximum Gasteiger partial charge on any atom is 0.294 e. The van der Waals surface area contributed by atoms with Crippen LogP contribution in [0.1, 0.15) is 12.8 Å². The van der Waals surface area contributed by atoms with E-state index in [0.717, 1.165) is 0 Å². The van der Waals surface area contributed by atoms with Gasteiger partial charge in [0, 0.05) is 12.8 Å². The van der Waals surface area contributed by atoms with E-state index in [0.29, 0.717) is 0 Å². The smallest absolute Gasteiger partial charge is 0.294 e. The van der Waals surface area contributed by atoms with Crippen LogP contribution in [0.15, 0.2) is 0 Å². The number of hydrogen-bond donors (Lipinski definition) is 1. The molecule has 14 heavy (non-hydrogen) atoms. The van der Waals surface area contributed by atoms with Gasteiger partial charge in [-0.1, -0.05) is 0 Å². The van der Waals surface area contributed by atoms with E-state index in [1.54, 1.807) is 0 Å². The second-order valence-electron chi connectivity index (χ2n) is 2.86. The summed E-state index contributed by atoms with van der Waals surface area (Å²) in [7, 11) is 0. The summed E-state index contributed by atoms with van der Waals surface area (Å²) in [6, 6.07) is 0. The van der Waals surface area contributed by atoms with Crippen LogP contribution in [0.2, 0.25) is 0 Å². The van der Waals surface area contributed by atoms with Crippen molar-refractivity contribution in [3.05, 3.63) is 20.2 Å². The summed E-state index contributed by atoms with van der Waals surface area (Å²) >= 11 is 0. The van der Waals surface area contributed by atoms with Crippen molar-refractivity contribution in [2.75, 3.05) is 0 Å². The largest absolute Gasteiger partial charge is 0.393 e. The third-order valence-corrected chi connectivity index (χ3v) is 1.87. The lowest BCUT2D eigenvalue weighted by Crippen LogP contribution is -2.30. The minimum atomic E-state index is -1.08. The molecule has 0 heterocycles. The summed E-state index contributed by atoms with van der Waals surface area (Å²) < 4.78 is 0. The monoisotopic (exact) mass is 208 g/mol. The standard InChI is InChI=1S/C5H8N2O7/c8-3-1-4(13-6(9)10)5(2-3)14-7(11)12/h3-5,8H,1-2H2/t3?,4-,5?/m0/s1. The van der Waals surface area contributed by atoms with Crippen molar-refractivity contribution in [1.82, 2.24) is 0 Å². The van der Waals surface area contributed by atoms with E-state index in [1.165, 1.54) is 0 Å². The Kier molecular flexibility index (Phi) is 3.02. The van der Waals surface area contributed by atoms with Gasteiger partial charge in [0.2, 0.25) is 0 Å². The Hall–Kier alpha value is -1.64. The molecule has 0 aromatic rings. The Morgan fingerprint density at radius 2 is 1.43 bits per heavy atom. The third kappa shape index (κ3) is 2.69. The molecule has 1 rings (SSSR count). The van der Waals surface area contributed by atoms with E-state index in [-0.39, 0.29) is 12.8 Å².